The second kappa shape index (κ2) is 23.3. The molecular formula is C37H50F6N6O11. The molecule has 8 atom stereocenters. The predicted molar refractivity (Wildman–Crippen MR) is 200 cm³/mol. The summed E-state index contributed by atoms with van der Waals surface area (Å²) in [6.45, 7) is -0.675. The van der Waals surface area contributed by atoms with Crippen LogP contribution in [0.25, 0.3) is 0 Å². The fourth-order valence-corrected chi connectivity index (χ4v) is 5.93. The molecule has 2 aromatic rings. The largest absolute Gasteiger partial charge is 0.416 e. The zero-order valence-electron chi connectivity index (χ0n) is 32.3. The van der Waals surface area contributed by atoms with E-state index in [0.29, 0.717) is 18.6 Å². The minimum absolute atomic E-state index is 0.0946. The number of anilines is 2. The van der Waals surface area contributed by atoms with Crippen molar-refractivity contribution in [1.82, 2.24) is 21.3 Å². The van der Waals surface area contributed by atoms with Gasteiger partial charge in [0, 0.05) is 37.3 Å². The van der Waals surface area contributed by atoms with E-state index in [2.05, 4.69) is 31.9 Å². The second-order valence-corrected chi connectivity index (χ2v) is 13.8. The third-order valence-corrected chi connectivity index (χ3v) is 9.09. The molecule has 0 radical (unpaired) electrons. The number of carbonyl (C=O) groups excluding carboxylic acids is 4. The van der Waals surface area contributed by atoms with Gasteiger partial charge in [-0.05, 0) is 49.2 Å². The molecule has 0 aliphatic carbocycles. The van der Waals surface area contributed by atoms with Gasteiger partial charge in [0.05, 0.1) is 36.5 Å². The number of carbonyl (C=O) groups is 4. The molecule has 6 amide bonds. The highest BCUT2D eigenvalue weighted by molar-refractivity contribution is 5.90. The number of nitrogens with one attached hydrogen (secondary N) is 6. The molecule has 0 bridgehead atoms. The number of benzene rings is 2. The van der Waals surface area contributed by atoms with E-state index in [1.807, 2.05) is 6.92 Å². The molecule has 1 heterocycles. The van der Waals surface area contributed by atoms with Gasteiger partial charge in [0.1, 0.15) is 30.5 Å². The van der Waals surface area contributed by atoms with Crippen LogP contribution in [0.4, 0.5) is 47.3 Å². The second-order valence-electron chi connectivity index (χ2n) is 13.8. The van der Waals surface area contributed by atoms with Crippen molar-refractivity contribution in [3.63, 3.8) is 0 Å². The molecule has 3 rings (SSSR count). The number of hydrogen-bond acceptors (Lipinski definition) is 11. The number of rotatable bonds is 20. The van der Waals surface area contributed by atoms with E-state index in [1.54, 1.807) is 0 Å². The number of urea groups is 2. The molecule has 2 aromatic carbocycles. The molecule has 0 spiro atoms. The van der Waals surface area contributed by atoms with Crippen molar-refractivity contribution in [3.8, 4) is 0 Å². The normalized spacial score (nSPS) is 20.9. The number of amides is 6. The maximum Gasteiger partial charge on any atom is 0.416 e. The van der Waals surface area contributed by atoms with Crippen LogP contribution in [0.1, 0.15) is 56.6 Å². The lowest BCUT2D eigenvalue weighted by Crippen LogP contribution is -2.67. The van der Waals surface area contributed by atoms with Crippen molar-refractivity contribution < 1.29 is 80.5 Å². The lowest BCUT2D eigenvalue weighted by molar-refractivity contribution is -0.284. The Hall–Kier alpha value is -4.78. The van der Waals surface area contributed by atoms with Gasteiger partial charge in [0.2, 0.25) is 11.8 Å². The summed E-state index contributed by atoms with van der Waals surface area (Å²) in [5.74, 6) is -0.994. The predicted octanol–water partition coefficient (Wildman–Crippen LogP) is 2.17. The van der Waals surface area contributed by atoms with Gasteiger partial charge in [-0.2, -0.15) is 26.3 Å². The van der Waals surface area contributed by atoms with Crippen LogP contribution in [0.3, 0.4) is 0 Å². The van der Waals surface area contributed by atoms with Crippen LogP contribution in [0.15, 0.2) is 48.5 Å². The first-order valence-corrected chi connectivity index (χ1v) is 18.9. The zero-order valence-corrected chi connectivity index (χ0v) is 32.3. The fourth-order valence-electron chi connectivity index (χ4n) is 5.93. The number of alkyl halides is 6. The average molecular weight is 869 g/mol. The summed E-state index contributed by atoms with van der Waals surface area (Å²) in [5, 5.41) is 66.4. The molecule has 3 unspecified atom stereocenters. The monoisotopic (exact) mass is 868 g/mol. The average Bonchev–Trinajstić information content (AvgIpc) is 3.19. The SMILES string of the molecule is CCCCCC(=O)NCCCC(=O)N[C@@H](C(O)CO)[C@@H](CNC(=O)Nc1cccc(C(F)(F)F)c1)O[C@@H]1OC(CO)[C@H](O)[C@H](O)C1NC(=O)Nc1cccc(C(F)(F)F)c1. The van der Waals surface area contributed by atoms with Crippen molar-refractivity contribution in [1.29, 1.82) is 0 Å². The molecule has 23 heteroatoms. The van der Waals surface area contributed by atoms with Gasteiger partial charge in [-0.3, -0.25) is 9.59 Å². The van der Waals surface area contributed by atoms with E-state index in [-0.39, 0.29) is 43.1 Å². The van der Waals surface area contributed by atoms with Crippen molar-refractivity contribution in [2.45, 2.75) is 107 Å². The maximum atomic E-state index is 13.3. The van der Waals surface area contributed by atoms with Crippen molar-refractivity contribution >= 4 is 35.3 Å². The Bertz CT molecular complexity index is 1710. The van der Waals surface area contributed by atoms with Crippen LogP contribution < -0.4 is 31.9 Å². The van der Waals surface area contributed by atoms with Gasteiger partial charge < -0.3 is 66.9 Å². The number of halogens is 6. The number of aliphatic hydroxyl groups excluding tert-OH is 5. The van der Waals surface area contributed by atoms with Gasteiger partial charge in [-0.25, -0.2) is 9.59 Å². The van der Waals surface area contributed by atoms with Crippen LogP contribution in [0, 0.1) is 0 Å². The topological polar surface area (TPSA) is 260 Å². The fraction of sp³-hybridized carbons (Fsp3) is 0.568. The first-order valence-electron chi connectivity index (χ1n) is 18.9. The zero-order chi connectivity index (χ0) is 44.6. The van der Waals surface area contributed by atoms with Gasteiger partial charge in [-0.15, -0.1) is 0 Å². The highest BCUT2D eigenvalue weighted by Gasteiger charge is 2.48. The molecular weight excluding hydrogens is 818 g/mol. The number of ether oxygens (including phenoxy) is 2. The standard InChI is InChI=1S/C37H50F6N6O11/c1-2-3-4-12-27(53)44-14-7-13-28(54)48-29(24(52)18-50)25(17-45-34(57)46-22-10-5-8-20(15-22)36(38,39)40)59-33-30(32(56)31(55)26(19-51)60-33)49-35(58)47-23-11-6-9-21(16-23)37(41,42)43/h5-6,8-11,15-16,24-26,29-33,50-52,55-56H,2-4,7,12-14,17-19H2,1H3,(H,44,53)(H,48,54)(H2,45,46,57)(H2,47,49,58)/t24?,25-,26?,29+,30?,31+,32-,33-/m1/s1. The highest BCUT2D eigenvalue weighted by Crippen LogP contribution is 2.32. The van der Waals surface area contributed by atoms with E-state index >= 15 is 0 Å². The first kappa shape index (κ1) is 49.6. The van der Waals surface area contributed by atoms with E-state index in [4.69, 9.17) is 9.47 Å². The molecule has 60 heavy (non-hydrogen) atoms. The minimum atomic E-state index is -4.77. The Labute approximate surface area is 340 Å². The van der Waals surface area contributed by atoms with Crippen LogP contribution in [0.5, 0.6) is 0 Å². The van der Waals surface area contributed by atoms with Crippen molar-refractivity contribution in [2.75, 3.05) is 36.9 Å². The molecule has 11 N–H and O–H groups in total. The molecule has 1 saturated heterocycles. The summed E-state index contributed by atoms with van der Waals surface area (Å²) in [6.07, 6.45) is -18.1. The Balaban J connectivity index is 1.88. The molecule has 336 valence electrons. The smallest absolute Gasteiger partial charge is 0.394 e. The summed E-state index contributed by atoms with van der Waals surface area (Å²) in [4.78, 5) is 51.2. The summed E-state index contributed by atoms with van der Waals surface area (Å²) < 4.78 is 91.3. The van der Waals surface area contributed by atoms with Gasteiger partial charge in [0.15, 0.2) is 6.29 Å². The summed E-state index contributed by atoms with van der Waals surface area (Å²) in [7, 11) is 0. The molecule has 1 fully saturated rings. The lowest BCUT2D eigenvalue weighted by Gasteiger charge is -2.44. The van der Waals surface area contributed by atoms with Crippen LogP contribution in [-0.2, 0) is 31.4 Å². The van der Waals surface area contributed by atoms with E-state index in [1.165, 1.54) is 0 Å². The molecule has 0 saturated carbocycles. The third kappa shape index (κ3) is 15.7. The van der Waals surface area contributed by atoms with Crippen LogP contribution in [0.2, 0.25) is 0 Å². The summed E-state index contributed by atoms with van der Waals surface area (Å²) in [5.41, 5.74) is -2.85. The van der Waals surface area contributed by atoms with Gasteiger partial charge >= 0.3 is 24.4 Å². The Kier molecular flexibility index (Phi) is 19.2. The summed E-state index contributed by atoms with van der Waals surface area (Å²) >= 11 is 0. The van der Waals surface area contributed by atoms with E-state index < -0.39 is 110 Å². The quantitative estimate of drug-likeness (QED) is 0.0679. The van der Waals surface area contributed by atoms with Crippen molar-refractivity contribution in [2.24, 2.45) is 0 Å². The summed E-state index contributed by atoms with van der Waals surface area (Å²) in [6, 6.07) is 1.14. The number of hydrogen-bond donors (Lipinski definition) is 11. The van der Waals surface area contributed by atoms with Crippen molar-refractivity contribution in [3.05, 3.63) is 59.7 Å². The van der Waals surface area contributed by atoms with Gasteiger partial charge in [0.25, 0.3) is 0 Å². The lowest BCUT2D eigenvalue weighted by atomic mass is 9.96. The van der Waals surface area contributed by atoms with E-state index in [9.17, 15) is 71.1 Å². The molecule has 17 nitrogen and oxygen atoms in total. The Morgan fingerprint density at radius 3 is 1.93 bits per heavy atom. The third-order valence-electron chi connectivity index (χ3n) is 9.09. The molecule has 0 aromatic heterocycles. The van der Waals surface area contributed by atoms with E-state index in [0.717, 1.165) is 49.2 Å². The highest BCUT2D eigenvalue weighted by atomic mass is 19.4. The molecule has 1 aliphatic rings. The van der Waals surface area contributed by atoms with Crippen LogP contribution >= 0.6 is 0 Å². The maximum absolute atomic E-state index is 13.3. The minimum Gasteiger partial charge on any atom is -0.394 e. The molecule has 1 aliphatic heterocycles. The van der Waals surface area contributed by atoms with Gasteiger partial charge in [-0.1, -0.05) is 31.9 Å². The number of unbranched alkanes of at least 4 members (excludes halogenated alkanes) is 2. The Morgan fingerprint density at radius 2 is 1.38 bits per heavy atom. The first-order chi connectivity index (χ1) is 28.3. The Morgan fingerprint density at radius 1 is 0.800 bits per heavy atom. The number of aliphatic hydroxyl groups is 5. The van der Waals surface area contributed by atoms with Crippen LogP contribution in [-0.4, -0.2) is 125 Å².